The first-order valence-electron chi connectivity index (χ1n) is 4.65. The van der Waals surface area contributed by atoms with Gasteiger partial charge in [-0.15, -0.1) is 0 Å². The van der Waals surface area contributed by atoms with Gasteiger partial charge in [0.2, 0.25) is 0 Å². The zero-order valence-electron chi connectivity index (χ0n) is 7.77. The highest BCUT2D eigenvalue weighted by Crippen LogP contribution is 2.23. The lowest BCUT2D eigenvalue weighted by Crippen LogP contribution is -2.40. The molecular weight excluding hydrogens is 166 g/mol. The zero-order chi connectivity index (χ0) is 9.26. The van der Waals surface area contributed by atoms with Crippen LogP contribution in [-0.4, -0.2) is 33.9 Å². The van der Waals surface area contributed by atoms with Gasteiger partial charge in [0.25, 0.3) is 0 Å². The van der Waals surface area contributed by atoms with Crippen LogP contribution in [0.15, 0.2) is 12.4 Å². The van der Waals surface area contributed by atoms with Crippen LogP contribution < -0.4 is 5.32 Å². The molecule has 1 saturated heterocycles. The van der Waals surface area contributed by atoms with Crippen LogP contribution >= 0.6 is 0 Å². The Kier molecular flexibility index (Phi) is 2.33. The van der Waals surface area contributed by atoms with Crippen molar-refractivity contribution in [2.24, 2.45) is 7.05 Å². The van der Waals surface area contributed by atoms with Gasteiger partial charge in [-0.25, -0.2) is 4.98 Å². The Balaban J connectivity index is 2.19. The molecule has 2 rings (SSSR count). The maximum Gasteiger partial charge on any atom is 0.114 e. The summed E-state index contributed by atoms with van der Waals surface area (Å²) < 4.78 is 1.99. The van der Waals surface area contributed by atoms with Crippen molar-refractivity contribution in [3.05, 3.63) is 18.2 Å². The Bertz CT molecular complexity index is 284. The van der Waals surface area contributed by atoms with Crippen LogP contribution in [0, 0.1) is 0 Å². The lowest BCUT2D eigenvalue weighted by molar-refractivity contribution is 0.113. The van der Waals surface area contributed by atoms with E-state index in [1.807, 2.05) is 17.8 Å². The molecule has 13 heavy (non-hydrogen) atoms. The average molecular weight is 181 g/mol. The highest BCUT2D eigenvalue weighted by Gasteiger charge is 2.26. The van der Waals surface area contributed by atoms with E-state index in [1.54, 1.807) is 6.20 Å². The van der Waals surface area contributed by atoms with Gasteiger partial charge in [-0.3, -0.25) is 0 Å². The zero-order valence-corrected chi connectivity index (χ0v) is 7.77. The summed E-state index contributed by atoms with van der Waals surface area (Å²) in [7, 11) is 1.97. The molecule has 4 heteroatoms. The summed E-state index contributed by atoms with van der Waals surface area (Å²) in [6.45, 7) is 1.64. The summed E-state index contributed by atoms with van der Waals surface area (Å²) in [6, 6.07) is 0. The molecule has 2 heterocycles. The summed E-state index contributed by atoms with van der Waals surface area (Å²) in [5, 5.41) is 12.9. The summed E-state index contributed by atoms with van der Waals surface area (Å²) in [6.07, 6.45) is 4.37. The number of aromatic nitrogens is 2. The van der Waals surface area contributed by atoms with Crippen molar-refractivity contribution < 1.29 is 5.11 Å². The normalized spacial score (nSPS) is 29.1. The summed E-state index contributed by atoms with van der Waals surface area (Å²) >= 11 is 0. The molecule has 0 bridgehead atoms. The Labute approximate surface area is 77.6 Å². The van der Waals surface area contributed by atoms with Crippen molar-refractivity contribution in [2.45, 2.75) is 18.4 Å². The van der Waals surface area contributed by atoms with Gasteiger partial charge >= 0.3 is 0 Å². The predicted molar refractivity (Wildman–Crippen MR) is 49.4 cm³/mol. The van der Waals surface area contributed by atoms with E-state index >= 15 is 0 Å². The molecule has 2 N–H and O–H groups in total. The second kappa shape index (κ2) is 3.47. The van der Waals surface area contributed by atoms with Gasteiger partial charge in [-0.05, 0) is 13.0 Å². The van der Waals surface area contributed by atoms with E-state index in [2.05, 4.69) is 10.3 Å². The third-order valence-corrected chi connectivity index (χ3v) is 2.64. The molecule has 0 amide bonds. The van der Waals surface area contributed by atoms with Crippen LogP contribution in [-0.2, 0) is 7.05 Å². The minimum Gasteiger partial charge on any atom is -0.391 e. The molecule has 0 radical (unpaired) electrons. The van der Waals surface area contributed by atoms with E-state index in [9.17, 15) is 5.11 Å². The summed E-state index contributed by atoms with van der Waals surface area (Å²) in [5.74, 6) is 1.19. The second-order valence-corrected chi connectivity index (χ2v) is 3.56. The number of nitrogens with one attached hydrogen (secondary N) is 1. The fourth-order valence-corrected chi connectivity index (χ4v) is 1.88. The van der Waals surface area contributed by atoms with Gasteiger partial charge in [0, 0.05) is 31.9 Å². The lowest BCUT2D eigenvalue weighted by Gasteiger charge is -2.27. The molecule has 0 spiro atoms. The van der Waals surface area contributed by atoms with Gasteiger partial charge in [0.1, 0.15) is 5.82 Å². The smallest absolute Gasteiger partial charge is 0.114 e. The first kappa shape index (κ1) is 8.72. The van der Waals surface area contributed by atoms with Crippen LogP contribution in [0.3, 0.4) is 0 Å². The lowest BCUT2D eigenvalue weighted by atomic mass is 9.94. The number of aliphatic hydroxyl groups excluding tert-OH is 1. The van der Waals surface area contributed by atoms with Crippen molar-refractivity contribution in [2.75, 3.05) is 13.1 Å². The third-order valence-electron chi connectivity index (χ3n) is 2.64. The van der Waals surface area contributed by atoms with E-state index in [1.165, 1.54) is 0 Å². The molecule has 1 aliphatic heterocycles. The molecule has 1 aliphatic rings. The monoisotopic (exact) mass is 181 g/mol. The molecule has 2 unspecified atom stereocenters. The van der Waals surface area contributed by atoms with E-state index in [0.717, 1.165) is 18.8 Å². The summed E-state index contributed by atoms with van der Waals surface area (Å²) in [5.41, 5.74) is 0. The van der Waals surface area contributed by atoms with Crippen molar-refractivity contribution in [1.82, 2.24) is 14.9 Å². The van der Waals surface area contributed by atoms with E-state index in [4.69, 9.17) is 0 Å². The van der Waals surface area contributed by atoms with Gasteiger partial charge in [-0.2, -0.15) is 0 Å². The van der Waals surface area contributed by atoms with Crippen LogP contribution in [0.2, 0.25) is 0 Å². The molecule has 0 aliphatic carbocycles. The maximum atomic E-state index is 9.75. The second-order valence-electron chi connectivity index (χ2n) is 3.56. The number of imidazole rings is 1. The number of hydrogen-bond acceptors (Lipinski definition) is 3. The average Bonchev–Trinajstić information content (AvgIpc) is 2.52. The van der Waals surface area contributed by atoms with Crippen molar-refractivity contribution >= 4 is 0 Å². The highest BCUT2D eigenvalue weighted by molar-refractivity contribution is 5.04. The Hall–Kier alpha value is -0.870. The molecule has 1 fully saturated rings. The Morgan fingerprint density at radius 2 is 2.54 bits per heavy atom. The van der Waals surface area contributed by atoms with Gasteiger partial charge < -0.3 is 15.0 Å². The molecule has 1 aromatic rings. The number of aliphatic hydroxyl groups is 1. The molecule has 1 aromatic heterocycles. The number of rotatable bonds is 1. The van der Waals surface area contributed by atoms with Gasteiger partial charge in [0.05, 0.1) is 6.10 Å². The van der Waals surface area contributed by atoms with Crippen LogP contribution in [0.25, 0.3) is 0 Å². The maximum absolute atomic E-state index is 9.75. The largest absolute Gasteiger partial charge is 0.391 e. The van der Waals surface area contributed by atoms with Crippen molar-refractivity contribution in [3.8, 4) is 0 Å². The SMILES string of the molecule is Cn1ccnc1C1CCNCC1O. The molecule has 4 nitrogen and oxygen atoms in total. The fraction of sp³-hybridized carbons (Fsp3) is 0.667. The molecular formula is C9H15N3O. The van der Waals surface area contributed by atoms with Crippen LogP contribution in [0.1, 0.15) is 18.2 Å². The third kappa shape index (κ3) is 1.59. The number of piperidine rings is 1. The minimum absolute atomic E-state index is 0.196. The van der Waals surface area contributed by atoms with E-state index in [-0.39, 0.29) is 12.0 Å². The number of nitrogens with zero attached hydrogens (tertiary/aromatic N) is 2. The number of β-amino-alcohol motifs (C(OH)–C–C–N with tert-alkyl or cyclic N) is 1. The molecule has 0 saturated carbocycles. The number of hydrogen-bond donors (Lipinski definition) is 2. The topological polar surface area (TPSA) is 50.1 Å². The first-order chi connectivity index (χ1) is 6.29. The van der Waals surface area contributed by atoms with E-state index < -0.39 is 0 Å². The minimum atomic E-state index is -0.296. The Morgan fingerprint density at radius 3 is 3.15 bits per heavy atom. The van der Waals surface area contributed by atoms with Crippen molar-refractivity contribution in [1.29, 1.82) is 0 Å². The van der Waals surface area contributed by atoms with Crippen LogP contribution in [0.4, 0.5) is 0 Å². The first-order valence-corrected chi connectivity index (χ1v) is 4.65. The summed E-state index contributed by atoms with van der Waals surface area (Å²) in [4.78, 5) is 4.27. The number of aryl methyl sites for hydroxylation is 1. The standard InChI is InChI=1S/C9H15N3O/c1-12-5-4-11-9(12)7-2-3-10-6-8(7)13/h4-5,7-8,10,13H,2-3,6H2,1H3. The van der Waals surface area contributed by atoms with E-state index in [0.29, 0.717) is 6.54 Å². The van der Waals surface area contributed by atoms with Crippen LogP contribution in [0.5, 0.6) is 0 Å². The molecule has 2 atom stereocenters. The molecule has 0 aromatic carbocycles. The fourth-order valence-electron chi connectivity index (χ4n) is 1.88. The molecule has 72 valence electrons. The quantitative estimate of drug-likeness (QED) is 0.634. The van der Waals surface area contributed by atoms with Gasteiger partial charge in [0.15, 0.2) is 0 Å². The highest BCUT2D eigenvalue weighted by atomic mass is 16.3. The van der Waals surface area contributed by atoms with Gasteiger partial charge in [-0.1, -0.05) is 0 Å². The Morgan fingerprint density at radius 1 is 1.69 bits per heavy atom. The van der Waals surface area contributed by atoms with Crippen molar-refractivity contribution in [3.63, 3.8) is 0 Å². The predicted octanol–water partition coefficient (Wildman–Crippen LogP) is -0.142.